The Morgan fingerprint density at radius 1 is 1.00 bits per heavy atom. The minimum atomic E-state index is -0.459. The van der Waals surface area contributed by atoms with Gasteiger partial charge in [-0.2, -0.15) is 0 Å². The van der Waals surface area contributed by atoms with Crippen LogP contribution >= 0.6 is 0 Å². The Kier molecular flexibility index (Phi) is 4.50. The van der Waals surface area contributed by atoms with Crippen molar-refractivity contribution in [3.8, 4) is 5.75 Å². The van der Waals surface area contributed by atoms with Gasteiger partial charge in [-0.05, 0) is 24.3 Å². The predicted molar refractivity (Wildman–Crippen MR) is 65.6 cm³/mol. The molecule has 0 atom stereocenters. The average molecular weight is 232 g/mol. The topological polar surface area (TPSA) is 89.4 Å². The molecule has 0 spiro atoms. The molecule has 0 aromatic heterocycles. The standard InChI is InChI=1S/C6H6N2O2.C6H6O/c7-5-1-3-6(4-2-5)8(9)10;7-6-4-2-1-3-5-6/h1-4H,7H2;1-5,7H. The zero-order chi connectivity index (χ0) is 12.7. The first-order valence-electron chi connectivity index (χ1n) is 4.83. The molecule has 0 radical (unpaired) electrons. The molecule has 0 saturated carbocycles. The molecule has 0 aliphatic carbocycles. The van der Waals surface area contributed by atoms with Crippen LogP contribution in [0.25, 0.3) is 0 Å². The van der Waals surface area contributed by atoms with Crippen molar-refractivity contribution in [1.29, 1.82) is 0 Å². The minimum absolute atomic E-state index is 0.0641. The summed E-state index contributed by atoms with van der Waals surface area (Å²) in [7, 11) is 0. The van der Waals surface area contributed by atoms with Crippen LogP contribution in [0.3, 0.4) is 0 Å². The van der Waals surface area contributed by atoms with Crippen LogP contribution in [-0.2, 0) is 0 Å². The van der Waals surface area contributed by atoms with Gasteiger partial charge < -0.3 is 10.8 Å². The highest BCUT2D eigenvalue weighted by Crippen LogP contribution is 2.12. The van der Waals surface area contributed by atoms with Gasteiger partial charge >= 0.3 is 0 Å². The van der Waals surface area contributed by atoms with Crippen LogP contribution in [0, 0.1) is 10.1 Å². The largest absolute Gasteiger partial charge is 0.508 e. The van der Waals surface area contributed by atoms with Crippen molar-refractivity contribution < 1.29 is 10.0 Å². The number of hydrogen-bond acceptors (Lipinski definition) is 4. The normalized spacial score (nSPS) is 8.94. The number of benzene rings is 2. The monoisotopic (exact) mass is 232 g/mol. The summed E-state index contributed by atoms with van der Waals surface area (Å²) in [5, 5.41) is 18.7. The van der Waals surface area contributed by atoms with Crippen molar-refractivity contribution in [2.75, 3.05) is 5.73 Å². The van der Waals surface area contributed by atoms with E-state index in [2.05, 4.69) is 0 Å². The lowest BCUT2D eigenvalue weighted by Gasteiger charge is -1.90. The molecule has 5 nitrogen and oxygen atoms in total. The van der Waals surface area contributed by atoms with Crippen LogP contribution in [0.1, 0.15) is 0 Å². The van der Waals surface area contributed by atoms with Crippen LogP contribution in [0.5, 0.6) is 5.75 Å². The third-order valence-corrected chi connectivity index (χ3v) is 1.86. The lowest BCUT2D eigenvalue weighted by atomic mass is 10.3. The predicted octanol–water partition coefficient (Wildman–Crippen LogP) is 2.57. The van der Waals surface area contributed by atoms with Crippen molar-refractivity contribution in [2.24, 2.45) is 0 Å². The summed E-state index contributed by atoms with van der Waals surface area (Å²) in [6.07, 6.45) is 0. The van der Waals surface area contributed by atoms with Crippen LogP contribution < -0.4 is 5.73 Å². The first kappa shape index (κ1) is 12.5. The van der Waals surface area contributed by atoms with Gasteiger partial charge in [0.05, 0.1) is 4.92 Å². The molecule has 0 aliphatic heterocycles. The number of hydrogen-bond donors (Lipinski definition) is 2. The van der Waals surface area contributed by atoms with Crippen molar-refractivity contribution >= 4 is 11.4 Å². The zero-order valence-corrected chi connectivity index (χ0v) is 8.98. The molecule has 0 bridgehead atoms. The first-order chi connectivity index (χ1) is 8.09. The van der Waals surface area contributed by atoms with E-state index in [1.807, 2.05) is 6.07 Å². The molecule has 0 unspecified atom stereocenters. The number of para-hydroxylation sites is 1. The highest BCUT2D eigenvalue weighted by molar-refractivity contribution is 5.44. The Morgan fingerprint density at radius 2 is 1.53 bits per heavy atom. The molecule has 0 amide bonds. The summed E-state index contributed by atoms with van der Waals surface area (Å²) in [5.74, 6) is 0.322. The second-order valence-electron chi connectivity index (χ2n) is 3.18. The van der Waals surface area contributed by atoms with Gasteiger partial charge in [0.2, 0.25) is 0 Å². The Labute approximate surface area is 98.3 Å². The molecule has 3 N–H and O–H groups in total. The number of nitro benzene ring substituents is 1. The lowest BCUT2D eigenvalue weighted by Crippen LogP contribution is -1.88. The maximum Gasteiger partial charge on any atom is 0.269 e. The Bertz CT molecular complexity index is 469. The number of nitrogen functional groups attached to an aromatic ring is 1. The number of nitrogens with zero attached hydrogens (tertiary/aromatic N) is 1. The quantitative estimate of drug-likeness (QED) is 0.449. The van der Waals surface area contributed by atoms with Gasteiger partial charge in [0.1, 0.15) is 5.75 Å². The van der Waals surface area contributed by atoms with E-state index in [1.54, 1.807) is 24.3 Å². The molecule has 0 saturated heterocycles. The number of rotatable bonds is 1. The first-order valence-corrected chi connectivity index (χ1v) is 4.83. The lowest BCUT2D eigenvalue weighted by molar-refractivity contribution is -0.384. The summed E-state index contributed by atoms with van der Waals surface area (Å²) in [6.45, 7) is 0. The van der Waals surface area contributed by atoms with Crippen molar-refractivity contribution in [2.45, 2.75) is 0 Å². The van der Waals surface area contributed by atoms with E-state index >= 15 is 0 Å². The summed E-state index contributed by atoms with van der Waals surface area (Å²) in [4.78, 5) is 9.62. The minimum Gasteiger partial charge on any atom is -0.508 e. The van der Waals surface area contributed by atoms with Gasteiger partial charge in [-0.1, -0.05) is 18.2 Å². The van der Waals surface area contributed by atoms with Gasteiger partial charge in [-0.15, -0.1) is 0 Å². The number of phenols is 1. The summed E-state index contributed by atoms with van der Waals surface area (Å²) >= 11 is 0. The number of phenolic OH excluding ortho intramolecular Hbond substituents is 1. The van der Waals surface area contributed by atoms with Gasteiger partial charge in [0, 0.05) is 17.8 Å². The number of non-ortho nitro benzene ring substituents is 1. The fraction of sp³-hybridized carbons (Fsp3) is 0. The van der Waals surface area contributed by atoms with Gasteiger partial charge in [0.15, 0.2) is 0 Å². The van der Waals surface area contributed by atoms with Gasteiger partial charge in [0.25, 0.3) is 5.69 Å². The number of aromatic hydroxyl groups is 1. The van der Waals surface area contributed by atoms with Gasteiger partial charge in [-0.3, -0.25) is 10.1 Å². The highest BCUT2D eigenvalue weighted by Gasteiger charge is 2.00. The summed E-state index contributed by atoms with van der Waals surface area (Å²) in [6, 6.07) is 14.4. The van der Waals surface area contributed by atoms with Crippen LogP contribution in [-0.4, -0.2) is 10.0 Å². The Hall–Kier alpha value is -2.56. The molecule has 5 heteroatoms. The molecule has 17 heavy (non-hydrogen) atoms. The van der Waals surface area contributed by atoms with Crippen molar-refractivity contribution in [1.82, 2.24) is 0 Å². The average Bonchev–Trinajstić information content (AvgIpc) is 2.31. The third-order valence-electron chi connectivity index (χ3n) is 1.86. The number of anilines is 1. The maximum atomic E-state index is 10.1. The molecule has 0 aliphatic rings. The number of nitrogens with two attached hydrogens (primary N) is 1. The van der Waals surface area contributed by atoms with E-state index in [0.717, 1.165) is 0 Å². The van der Waals surface area contributed by atoms with Crippen molar-refractivity contribution in [3.63, 3.8) is 0 Å². The van der Waals surface area contributed by atoms with E-state index in [-0.39, 0.29) is 5.69 Å². The van der Waals surface area contributed by atoms with Crippen molar-refractivity contribution in [3.05, 3.63) is 64.7 Å². The molecule has 0 heterocycles. The summed E-state index contributed by atoms with van der Waals surface area (Å²) < 4.78 is 0. The molecule has 2 aromatic rings. The van der Waals surface area contributed by atoms with E-state index in [9.17, 15) is 10.1 Å². The Morgan fingerprint density at radius 3 is 1.88 bits per heavy atom. The SMILES string of the molecule is Nc1ccc([N+](=O)[O-])cc1.Oc1ccccc1. The molecule has 88 valence electrons. The van der Waals surface area contributed by atoms with Crippen LogP contribution in [0.2, 0.25) is 0 Å². The zero-order valence-electron chi connectivity index (χ0n) is 8.98. The number of nitro groups is 1. The highest BCUT2D eigenvalue weighted by atomic mass is 16.6. The van der Waals surface area contributed by atoms with E-state index in [1.165, 1.54) is 24.3 Å². The van der Waals surface area contributed by atoms with E-state index in [0.29, 0.717) is 11.4 Å². The van der Waals surface area contributed by atoms with Crippen LogP contribution in [0.4, 0.5) is 11.4 Å². The molecular weight excluding hydrogens is 220 g/mol. The van der Waals surface area contributed by atoms with E-state index in [4.69, 9.17) is 10.8 Å². The third kappa shape index (κ3) is 4.65. The fourth-order valence-corrected chi connectivity index (χ4v) is 1.02. The smallest absolute Gasteiger partial charge is 0.269 e. The molecule has 0 fully saturated rings. The maximum absolute atomic E-state index is 10.1. The molecular formula is C12H12N2O3. The van der Waals surface area contributed by atoms with Gasteiger partial charge in [-0.25, -0.2) is 0 Å². The van der Waals surface area contributed by atoms with E-state index < -0.39 is 4.92 Å². The summed E-state index contributed by atoms with van der Waals surface area (Å²) in [5.41, 5.74) is 5.90. The Balaban J connectivity index is 0.000000181. The second-order valence-corrected chi connectivity index (χ2v) is 3.18. The molecule has 2 aromatic carbocycles. The second kappa shape index (κ2) is 6.12. The van der Waals surface area contributed by atoms with Crippen LogP contribution in [0.15, 0.2) is 54.6 Å². The fourth-order valence-electron chi connectivity index (χ4n) is 1.02. The molecule has 2 rings (SSSR count).